The van der Waals surface area contributed by atoms with E-state index in [0.29, 0.717) is 19.8 Å². The van der Waals surface area contributed by atoms with Crippen molar-refractivity contribution in [2.45, 2.75) is 96.8 Å². The molecule has 0 rings (SSSR count). The minimum atomic E-state index is 0.0864. The van der Waals surface area contributed by atoms with Gasteiger partial charge in [0.2, 0.25) is 0 Å². The highest BCUT2D eigenvalue weighted by Crippen LogP contribution is 2.13. The zero-order valence-electron chi connectivity index (χ0n) is 19.6. The number of rotatable bonds is 23. The van der Waals surface area contributed by atoms with E-state index >= 15 is 0 Å². The molecule has 0 aromatic rings. The van der Waals surface area contributed by atoms with Gasteiger partial charge in [-0.2, -0.15) is 0 Å². The lowest BCUT2D eigenvalue weighted by Crippen LogP contribution is -2.43. The normalized spacial score (nSPS) is 12.0. The monoisotopic (exact) mass is 402 g/mol. The van der Waals surface area contributed by atoms with Gasteiger partial charge >= 0.3 is 0 Å². The summed E-state index contributed by atoms with van der Waals surface area (Å²) in [6.07, 6.45) is 19.9. The molecular formula is C24H52NO3+. The van der Waals surface area contributed by atoms with Crippen LogP contribution in [0.5, 0.6) is 0 Å². The molecule has 170 valence electrons. The highest BCUT2D eigenvalue weighted by atomic mass is 16.5. The Balaban J connectivity index is 3.27. The lowest BCUT2D eigenvalue weighted by molar-refractivity contribution is -0.891. The van der Waals surface area contributed by atoms with Crippen LogP contribution >= 0.6 is 0 Å². The Morgan fingerprint density at radius 3 is 1.43 bits per heavy atom. The summed E-state index contributed by atoms with van der Waals surface area (Å²) in [5, 5.41) is 8.63. The van der Waals surface area contributed by atoms with Crippen molar-refractivity contribution in [1.82, 2.24) is 0 Å². The summed E-state index contributed by atoms with van der Waals surface area (Å²) in [6.45, 7) is 7.06. The Labute approximate surface area is 176 Å². The first-order valence-electron chi connectivity index (χ1n) is 12.2. The molecule has 0 amide bonds. The highest BCUT2D eigenvalue weighted by molar-refractivity contribution is 4.49. The SMILES string of the molecule is CCCCCCCCCCCCCCCC[N+](C)(C)CCOCCOCCO. The third-order valence-electron chi connectivity index (χ3n) is 5.57. The zero-order chi connectivity index (χ0) is 20.8. The largest absolute Gasteiger partial charge is 0.394 e. The Bertz CT molecular complexity index is 298. The summed E-state index contributed by atoms with van der Waals surface area (Å²) in [4.78, 5) is 0. The molecule has 0 aliphatic rings. The molecule has 0 heterocycles. The molecule has 0 bridgehead atoms. The van der Waals surface area contributed by atoms with Gasteiger partial charge in [-0.25, -0.2) is 0 Å². The molecule has 0 saturated heterocycles. The van der Waals surface area contributed by atoms with Gasteiger partial charge in [0, 0.05) is 0 Å². The average Bonchev–Trinajstić information content (AvgIpc) is 2.67. The summed E-state index contributed by atoms with van der Waals surface area (Å²) in [7, 11) is 4.60. The van der Waals surface area contributed by atoms with E-state index in [2.05, 4.69) is 21.0 Å². The van der Waals surface area contributed by atoms with Crippen LogP contribution in [-0.4, -0.2) is 69.8 Å². The summed E-state index contributed by atoms with van der Waals surface area (Å²) in [6, 6.07) is 0. The maximum atomic E-state index is 8.63. The van der Waals surface area contributed by atoms with E-state index in [9.17, 15) is 0 Å². The van der Waals surface area contributed by atoms with Gasteiger partial charge in [-0.05, 0) is 12.8 Å². The second-order valence-electron chi connectivity index (χ2n) is 8.93. The average molecular weight is 403 g/mol. The predicted molar refractivity (Wildman–Crippen MR) is 121 cm³/mol. The summed E-state index contributed by atoms with van der Waals surface area (Å²) in [5.41, 5.74) is 0. The van der Waals surface area contributed by atoms with Crippen LogP contribution in [0.25, 0.3) is 0 Å². The van der Waals surface area contributed by atoms with E-state index in [1.165, 1.54) is 96.4 Å². The maximum Gasteiger partial charge on any atom is 0.102 e. The first-order valence-corrected chi connectivity index (χ1v) is 12.2. The first kappa shape index (κ1) is 27.8. The van der Waals surface area contributed by atoms with E-state index in [1.54, 1.807) is 0 Å². The number of hydrogen-bond acceptors (Lipinski definition) is 3. The molecule has 1 N–H and O–H groups in total. The van der Waals surface area contributed by atoms with Gasteiger partial charge in [-0.3, -0.25) is 0 Å². The van der Waals surface area contributed by atoms with Crippen molar-refractivity contribution in [1.29, 1.82) is 0 Å². The Morgan fingerprint density at radius 2 is 0.964 bits per heavy atom. The minimum absolute atomic E-state index is 0.0864. The van der Waals surface area contributed by atoms with Gasteiger partial charge in [0.05, 0.1) is 53.7 Å². The van der Waals surface area contributed by atoms with Gasteiger partial charge < -0.3 is 19.1 Å². The number of aliphatic hydroxyl groups excluding tert-OH is 1. The van der Waals surface area contributed by atoms with E-state index < -0.39 is 0 Å². The third kappa shape index (κ3) is 22.1. The Hall–Kier alpha value is -0.160. The van der Waals surface area contributed by atoms with Crippen LogP contribution in [0.4, 0.5) is 0 Å². The number of aliphatic hydroxyl groups is 1. The molecule has 0 aromatic carbocycles. The fourth-order valence-electron chi connectivity index (χ4n) is 3.54. The van der Waals surface area contributed by atoms with Crippen LogP contribution in [0, 0.1) is 0 Å². The van der Waals surface area contributed by atoms with Crippen LogP contribution in [-0.2, 0) is 9.47 Å². The second-order valence-corrected chi connectivity index (χ2v) is 8.93. The van der Waals surface area contributed by atoms with Gasteiger partial charge in [0.25, 0.3) is 0 Å². The van der Waals surface area contributed by atoms with Crippen molar-refractivity contribution in [3.8, 4) is 0 Å². The number of unbranched alkanes of at least 4 members (excludes halogenated alkanes) is 13. The first-order chi connectivity index (χ1) is 13.6. The lowest BCUT2D eigenvalue weighted by Gasteiger charge is -2.29. The molecule has 28 heavy (non-hydrogen) atoms. The molecule has 0 fully saturated rings. The molecule has 0 aliphatic heterocycles. The molecule has 0 unspecified atom stereocenters. The van der Waals surface area contributed by atoms with Crippen LogP contribution in [0.3, 0.4) is 0 Å². The van der Waals surface area contributed by atoms with Crippen LogP contribution in [0.2, 0.25) is 0 Å². The highest BCUT2D eigenvalue weighted by Gasteiger charge is 2.13. The van der Waals surface area contributed by atoms with Crippen LogP contribution in [0.15, 0.2) is 0 Å². The third-order valence-corrected chi connectivity index (χ3v) is 5.57. The molecular weight excluding hydrogens is 350 g/mol. The van der Waals surface area contributed by atoms with Gasteiger partial charge in [-0.15, -0.1) is 0 Å². The van der Waals surface area contributed by atoms with Crippen molar-refractivity contribution in [2.75, 3.05) is 60.2 Å². The molecule has 0 spiro atoms. The van der Waals surface area contributed by atoms with Crippen molar-refractivity contribution < 1.29 is 19.1 Å². The van der Waals surface area contributed by atoms with E-state index in [1.807, 2.05) is 0 Å². The Kier molecular flexibility index (Phi) is 21.4. The van der Waals surface area contributed by atoms with Crippen molar-refractivity contribution in [3.05, 3.63) is 0 Å². The number of quaternary nitrogens is 1. The zero-order valence-corrected chi connectivity index (χ0v) is 19.6. The van der Waals surface area contributed by atoms with Gasteiger partial charge in [-0.1, -0.05) is 84.0 Å². The lowest BCUT2D eigenvalue weighted by atomic mass is 10.0. The van der Waals surface area contributed by atoms with Crippen molar-refractivity contribution >= 4 is 0 Å². The standard InChI is InChI=1S/C24H52NO3/c1-4-5-6-7-8-9-10-11-12-13-14-15-16-17-18-25(2,3)19-21-27-23-24-28-22-20-26/h26H,4-24H2,1-3H3/q+1. The van der Waals surface area contributed by atoms with Crippen molar-refractivity contribution in [2.24, 2.45) is 0 Å². The van der Waals surface area contributed by atoms with Gasteiger partial charge in [0.1, 0.15) is 6.54 Å². The topological polar surface area (TPSA) is 38.7 Å². The number of hydrogen-bond donors (Lipinski definition) is 1. The summed E-state index contributed by atoms with van der Waals surface area (Å²) in [5.74, 6) is 0. The molecule has 0 atom stereocenters. The van der Waals surface area contributed by atoms with E-state index in [-0.39, 0.29) is 6.61 Å². The maximum absolute atomic E-state index is 8.63. The second kappa shape index (κ2) is 21.5. The fourth-order valence-corrected chi connectivity index (χ4v) is 3.54. The molecule has 0 radical (unpaired) electrons. The molecule has 0 aliphatic carbocycles. The Morgan fingerprint density at radius 1 is 0.536 bits per heavy atom. The number of likely N-dealkylation sites (N-methyl/N-ethyl adjacent to an activating group) is 1. The summed E-state index contributed by atoms with van der Waals surface area (Å²) >= 11 is 0. The van der Waals surface area contributed by atoms with E-state index in [4.69, 9.17) is 14.6 Å². The minimum Gasteiger partial charge on any atom is -0.394 e. The number of nitrogens with zero attached hydrogens (tertiary/aromatic N) is 1. The smallest absolute Gasteiger partial charge is 0.102 e. The quantitative estimate of drug-likeness (QED) is 0.179. The summed E-state index contributed by atoms with van der Waals surface area (Å²) < 4.78 is 11.8. The van der Waals surface area contributed by atoms with Gasteiger partial charge in [0.15, 0.2) is 0 Å². The number of ether oxygens (including phenoxy) is 2. The van der Waals surface area contributed by atoms with Crippen molar-refractivity contribution in [3.63, 3.8) is 0 Å². The molecule has 0 saturated carbocycles. The van der Waals surface area contributed by atoms with Crippen LogP contribution in [0.1, 0.15) is 96.8 Å². The molecule has 0 aromatic heterocycles. The fraction of sp³-hybridized carbons (Fsp3) is 1.00. The predicted octanol–water partition coefficient (Wildman–Crippen LogP) is 5.57. The van der Waals surface area contributed by atoms with Crippen LogP contribution < -0.4 is 0 Å². The molecule has 4 nitrogen and oxygen atoms in total. The molecule has 4 heteroatoms. The van der Waals surface area contributed by atoms with E-state index in [0.717, 1.165) is 17.6 Å².